The largest absolute Gasteiger partial charge is 0.497 e. The average molecular weight is 290 g/mol. The summed E-state index contributed by atoms with van der Waals surface area (Å²) in [5.74, 6) is 1.44. The first-order valence-corrected chi connectivity index (χ1v) is 7.03. The van der Waals surface area contributed by atoms with E-state index in [9.17, 15) is 4.79 Å². The Morgan fingerprint density at radius 2 is 2.19 bits per heavy atom. The van der Waals surface area contributed by atoms with Crippen molar-refractivity contribution in [3.05, 3.63) is 29.8 Å². The molecule has 1 aromatic carbocycles. The molecular weight excluding hydrogens is 268 g/mol. The Balaban J connectivity index is 2.10. The van der Waals surface area contributed by atoms with Crippen LogP contribution in [0.4, 0.5) is 0 Å². The molecule has 1 atom stereocenters. The minimum Gasteiger partial charge on any atom is -0.497 e. The van der Waals surface area contributed by atoms with Crippen molar-refractivity contribution >= 4 is 12.0 Å². The van der Waals surface area contributed by atoms with Crippen molar-refractivity contribution < 1.29 is 14.3 Å². The number of hydrogen-bond acceptors (Lipinski definition) is 4. The molecule has 1 saturated heterocycles. The van der Waals surface area contributed by atoms with Gasteiger partial charge in [-0.05, 0) is 37.2 Å². The topological polar surface area (TPSA) is 50.8 Å². The lowest BCUT2D eigenvalue weighted by Gasteiger charge is -2.22. The van der Waals surface area contributed by atoms with Gasteiger partial charge in [0.2, 0.25) is 5.91 Å². The van der Waals surface area contributed by atoms with Gasteiger partial charge in [0, 0.05) is 31.3 Å². The highest BCUT2D eigenvalue weighted by molar-refractivity contribution is 5.92. The van der Waals surface area contributed by atoms with Gasteiger partial charge in [0.15, 0.2) is 0 Å². The molecular formula is C16H22N2O3. The van der Waals surface area contributed by atoms with E-state index in [0.29, 0.717) is 5.75 Å². The number of nitrogens with one attached hydrogen (secondary N) is 1. The van der Waals surface area contributed by atoms with E-state index in [2.05, 4.69) is 5.32 Å². The van der Waals surface area contributed by atoms with Gasteiger partial charge in [0.1, 0.15) is 11.5 Å². The van der Waals surface area contributed by atoms with Crippen molar-refractivity contribution in [1.29, 1.82) is 0 Å². The zero-order valence-corrected chi connectivity index (χ0v) is 12.8. The number of amides is 1. The Morgan fingerprint density at radius 3 is 2.81 bits per heavy atom. The fraction of sp³-hybridized carbons (Fsp3) is 0.438. The second-order valence-corrected chi connectivity index (χ2v) is 5.04. The minimum absolute atomic E-state index is 0.00595. The molecule has 5 heteroatoms. The lowest BCUT2D eigenvalue weighted by atomic mass is 10.1. The van der Waals surface area contributed by atoms with Gasteiger partial charge < -0.3 is 19.7 Å². The van der Waals surface area contributed by atoms with Gasteiger partial charge in [-0.15, -0.1) is 0 Å². The molecule has 2 rings (SSSR count). The first-order valence-electron chi connectivity index (χ1n) is 7.03. The molecule has 0 spiro atoms. The van der Waals surface area contributed by atoms with Crippen LogP contribution >= 0.6 is 0 Å². The standard InChI is InChI=1S/C16H22N2O3/c1-18(13-8-9-17-11-13)16(19)7-4-12-10-14(20-2)5-6-15(12)21-3/h4-7,10,13,17H,8-9,11H2,1-3H3/b7-4+. The molecule has 1 aliphatic heterocycles. The maximum absolute atomic E-state index is 12.2. The number of carbonyl (C=O) groups is 1. The minimum atomic E-state index is -0.00595. The van der Waals surface area contributed by atoms with Crippen LogP contribution in [0.25, 0.3) is 6.08 Å². The van der Waals surface area contributed by atoms with Gasteiger partial charge in [0.25, 0.3) is 0 Å². The number of rotatable bonds is 5. The first kappa shape index (κ1) is 15.4. The molecule has 1 fully saturated rings. The van der Waals surface area contributed by atoms with Crippen molar-refractivity contribution in [2.24, 2.45) is 0 Å². The van der Waals surface area contributed by atoms with Crippen LogP contribution in [-0.4, -0.2) is 51.2 Å². The lowest BCUT2D eigenvalue weighted by Crippen LogP contribution is -2.37. The van der Waals surface area contributed by atoms with E-state index in [-0.39, 0.29) is 11.9 Å². The van der Waals surface area contributed by atoms with Crippen LogP contribution in [0.5, 0.6) is 11.5 Å². The summed E-state index contributed by atoms with van der Waals surface area (Å²) in [4.78, 5) is 14.0. The highest BCUT2D eigenvalue weighted by atomic mass is 16.5. The van der Waals surface area contributed by atoms with Crippen molar-refractivity contribution in [3.63, 3.8) is 0 Å². The highest BCUT2D eigenvalue weighted by Gasteiger charge is 2.21. The monoisotopic (exact) mass is 290 g/mol. The molecule has 0 bridgehead atoms. The van der Waals surface area contributed by atoms with Gasteiger partial charge >= 0.3 is 0 Å². The van der Waals surface area contributed by atoms with E-state index in [1.165, 1.54) is 0 Å². The summed E-state index contributed by atoms with van der Waals surface area (Å²) in [6, 6.07) is 5.77. The van der Waals surface area contributed by atoms with Crippen LogP contribution in [0.3, 0.4) is 0 Å². The number of nitrogens with zero attached hydrogens (tertiary/aromatic N) is 1. The molecule has 1 aromatic rings. The smallest absolute Gasteiger partial charge is 0.246 e. The Morgan fingerprint density at radius 1 is 1.38 bits per heavy atom. The molecule has 1 heterocycles. The van der Waals surface area contributed by atoms with Crippen molar-refractivity contribution in [2.45, 2.75) is 12.5 Å². The molecule has 5 nitrogen and oxygen atoms in total. The SMILES string of the molecule is COc1ccc(OC)c(/C=C/C(=O)N(C)C2CCNC2)c1. The number of ether oxygens (including phenoxy) is 2. The molecule has 0 aliphatic carbocycles. The molecule has 1 N–H and O–H groups in total. The molecule has 114 valence electrons. The van der Waals surface area contributed by atoms with E-state index in [1.807, 2.05) is 25.2 Å². The number of likely N-dealkylation sites (N-methyl/N-ethyl adjacent to an activating group) is 1. The summed E-state index contributed by atoms with van der Waals surface area (Å²) >= 11 is 0. The summed E-state index contributed by atoms with van der Waals surface area (Å²) in [5.41, 5.74) is 0.822. The quantitative estimate of drug-likeness (QED) is 0.836. The molecule has 0 radical (unpaired) electrons. The van der Waals surface area contributed by atoms with Crippen molar-refractivity contribution in [1.82, 2.24) is 10.2 Å². The van der Waals surface area contributed by atoms with Crippen LogP contribution in [-0.2, 0) is 4.79 Å². The molecule has 0 saturated carbocycles. The number of methoxy groups -OCH3 is 2. The molecule has 21 heavy (non-hydrogen) atoms. The molecule has 1 unspecified atom stereocenters. The lowest BCUT2D eigenvalue weighted by molar-refractivity contribution is -0.126. The van der Waals surface area contributed by atoms with Crippen LogP contribution in [0.15, 0.2) is 24.3 Å². The highest BCUT2D eigenvalue weighted by Crippen LogP contribution is 2.25. The van der Waals surface area contributed by atoms with E-state index >= 15 is 0 Å². The molecule has 1 amide bonds. The zero-order valence-electron chi connectivity index (χ0n) is 12.8. The third-order valence-electron chi connectivity index (χ3n) is 3.77. The number of carbonyl (C=O) groups excluding carboxylic acids is 1. The van der Waals surface area contributed by atoms with Gasteiger partial charge in [-0.2, -0.15) is 0 Å². The maximum Gasteiger partial charge on any atom is 0.246 e. The van der Waals surface area contributed by atoms with Crippen molar-refractivity contribution in [2.75, 3.05) is 34.4 Å². The summed E-state index contributed by atoms with van der Waals surface area (Å²) < 4.78 is 10.5. The Hall–Kier alpha value is -2.01. The number of benzene rings is 1. The molecule has 1 aliphatic rings. The van der Waals surface area contributed by atoms with E-state index in [4.69, 9.17) is 9.47 Å². The zero-order chi connectivity index (χ0) is 15.2. The van der Waals surface area contributed by atoms with E-state index < -0.39 is 0 Å². The molecule has 0 aromatic heterocycles. The number of hydrogen-bond donors (Lipinski definition) is 1. The maximum atomic E-state index is 12.2. The van der Waals surface area contributed by atoms with E-state index in [0.717, 1.165) is 30.8 Å². The van der Waals surface area contributed by atoms with Crippen molar-refractivity contribution in [3.8, 4) is 11.5 Å². The third kappa shape index (κ3) is 3.76. The summed E-state index contributed by atoms with van der Waals surface area (Å²) in [6.45, 7) is 1.83. The Labute approximate surface area is 125 Å². The fourth-order valence-electron chi connectivity index (χ4n) is 2.40. The van der Waals surface area contributed by atoms with Crippen LogP contribution in [0.2, 0.25) is 0 Å². The van der Waals surface area contributed by atoms with E-state index in [1.54, 1.807) is 31.3 Å². The van der Waals surface area contributed by atoms with Crippen LogP contribution in [0, 0.1) is 0 Å². The average Bonchev–Trinajstić information content (AvgIpc) is 3.05. The Bertz CT molecular complexity index is 522. The first-order chi connectivity index (χ1) is 10.2. The normalized spacial score (nSPS) is 18.0. The summed E-state index contributed by atoms with van der Waals surface area (Å²) in [6.07, 6.45) is 4.34. The third-order valence-corrected chi connectivity index (χ3v) is 3.77. The summed E-state index contributed by atoms with van der Waals surface area (Å²) in [7, 11) is 5.06. The van der Waals surface area contributed by atoms with Crippen LogP contribution < -0.4 is 14.8 Å². The predicted octanol–water partition coefficient (Wildman–Crippen LogP) is 1.54. The predicted molar refractivity (Wildman–Crippen MR) is 82.6 cm³/mol. The van der Waals surface area contributed by atoms with Gasteiger partial charge in [-0.25, -0.2) is 0 Å². The van der Waals surface area contributed by atoms with Gasteiger partial charge in [-0.1, -0.05) is 0 Å². The second kappa shape index (κ2) is 7.13. The Kier molecular flexibility index (Phi) is 5.22. The van der Waals surface area contributed by atoms with Gasteiger partial charge in [-0.3, -0.25) is 4.79 Å². The van der Waals surface area contributed by atoms with Gasteiger partial charge in [0.05, 0.1) is 14.2 Å². The van der Waals surface area contributed by atoms with Crippen LogP contribution in [0.1, 0.15) is 12.0 Å². The summed E-state index contributed by atoms with van der Waals surface area (Å²) in [5, 5.41) is 3.26. The second-order valence-electron chi connectivity index (χ2n) is 5.04. The fourth-order valence-corrected chi connectivity index (χ4v) is 2.40.